The van der Waals surface area contributed by atoms with Gasteiger partial charge < -0.3 is 10.1 Å². The van der Waals surface area contributed by atoms with E-state index in [1.807, 2.05) is 6.07 Å². The zero-order chi connectivity index (χ0) is 13.5. The van der Waals surface area contributed by atoms with Gasteiger partial charge in [-0.25, -0.2) is 0 Å². The topological polar surface area (TPSA) is 21.3 Å². The van der Waals surface area contributed by atoms with E-state index in [1.165, 1.54) is 5.56 Å². The minimum Gasteiger partial charge on any atom is -0.491 e. The predicted octanol–water partition coefficient (Wildman–Crippen LogP) is 4.31. The van der Waals surface area contributed by atoms with Crippen molar-refractivity contribution in [2.75, 3.05) is 0 Å². The van der Waals surface area contributed by atoms with Crippen LogP contribution in [0, 0.1) is 0 Å². The van der Waals surface area contributed by atoms with E-state index in [1.54, 1.807) is 0 Å². The van der Waals surface area contributed by atoms with E-state index in [0.29, 0.717) is 12.1 Å². The Morgan fingerprint density at radius 2 is 1.83 bits per heavy atom. The van der Waals surface area contributed by atoms with Crippen LogP contribution in [0.2, 0.25) is 0 Å². The first-order chi connectivity index (χ1) is 8.56. The molecule has 2 nitrogen and oxygen atoms in total. The Morgan fingerprint density at radius 3 is 2.44 bits per heavy atom. The van der Waals surface area contributed by atoms with Crippen LogP contribution in [-0.2, 0) is 0 Å². The van der Waals surface area contributed by atoms with Gasteiger partial charge in [0.1, 0.15) is 5.75 Å². The third-order valence-corrected chi connectivity index (χ3v) is 3.42. The summed E-state index contributed by atoms with van der Waals surface area (Å²) in [7, 11) is 0. The first-order valence-corrected chi connectivity index (χ1v) is 7.09. The van der Waals surface area contributed by atoms with Crippen LogP contribution in [0.1, 0.15) is 59.1 Å². The maximum absolute atomic E-state index is 5.86. The molecule has 3 atom stereocenters. The fourth-order valence-electron chi connectivity index (χ4n) is 1.81. The lowest BCUT2D eigenvalue weighted by molar-refractivity contribution is 0.217. The van der Waals surface area contributed by atoms with E-state index in [4.69, 9.17) is 4.74 Å². The molecule has 0 aliphatic carbocycles. The first kappa shape index (κ1) is 15.0. The average molecular weight is 249 g/mol. The van der Waals surface area contributed by atoms with Gasteiger partial charge in [0.15, 0.2) is 0 Å². The van der Waals surface area contributed by atoms with Crippen LogP contribution >= 0.6 is 0 Å². The van der Waals surface area contributed by atoms with Crippen molar-refractivity contribution >= 4 is 0 Å². The van der Waals surface area contributed by atoms with E-state index in [2.05, 4.69) is 58.1 Å². The molecule has 0 heterocycles. The van der Waals surface area contributed by atoms with Crippen LogP contribution in [0.4, 0.5) is 0 Å². The summed E-state index contributed by atoms with van der Waals surface area (Å²) in [4.78, 5) is 0. The highest BCUT2D eigenvalue weighted by atomic mass is 16.5. The number of rotatable bonds is 7. The molecule has 102 valence electrons. The first-order valence-electron chi connectivity index (χ1n) is 7.09. The lowest BCUT2D eigenvalue weighted by Crippen LogP contribution is -2.28. The number of hydrogen-bond acceptors (Lipinski definition) is 2. The van der Waals surface area contributed by atoms with Gasteiger partial charge in [0.25, 0.3) is 0 Å². The highest BCUT2D eigenvalue weighted by Crippen LogP contribution is 2.21. The van der Waals surface area contributed by atoms with E-state index < -0.39 is 0 Å². The zero-order valence-electron chi connectivity index (χ0n) is 12.4. The number of nitrogens with one attached hydrogen (secondary N) is 1. The van der Waals surface area contributed by atoms with Crippen molar-refractivity contribution in [3.05, 3.63) is 29.8 Å². The van der Waals surface area contributed by atoms with Crippen molar-refractivity contribution in [2.24, 2.45) is 0 Å². The van der Waals surface area contributed by atoms with Crippen LogP contribution in [0.15, 0.2) is 24.3 Å². The van der Waals surface area contributed by atoms with Crippen molar-refractivity contribution in [1.29, 1.82) is 0 Å². The molecule has 0 spiro atoms. The molecular weight excluding hydrogens is 222 g/mol. The van der Waals surface area contributed by atoms with Crippen LogP contribution < -0.4 is 10.1 Å². The molecule has 0 aromatic heterocycles. The van der Waals surface area contributed by atoms with Crippen molar-refractivity contribution in [1.82, 2.24) is 5.32 Å². The molecule has 0 saturated heterocycles. The normalized spacial score (nSPS) is 16.1. The van der Waals surface area contributed by atoms with Crippen LogP contribution in [0.5, 0.6) is 5.75 Å². The van der Waals surface area contributed by atoms with Gasteiger partial charge >= 0.3 is 0 Å². The Kier molecular flexibility index (Phi) is 6.20. The standard InChI is InChI=1S/C16H27NO/c1-6-12(3)17-14(5)15-9-8-10-16(11-15)18-13(4)7-2/h8-14,17H,6-7H2,1-5H3/t12-,13-,14+/m0/s1. The minimum atomic E-state index is 0.276. The Balaban J connectivity index is 2.68. The largest absolute Gasteiger partial charge is 0.491 e. The summed E-state index contributed by atoms with van der Waals surface area (Å²) < 4.78 is 5.86. The highest BCUT2D eigenvalue weighted by Gasteiger charge is 2.09. The molecule has 0 bridgehead atoms. The molecule has 1 rings (SSSR count). The fraction of sp³-hybridized carbons (Fsp3) is 0.625. The lowest BCUT2D eigenvalue weighted by Gasteiger charge is -2.20. The third-order valence-electron chi connectivity index (χ3n) is 3.42. The Hall–Kier alpha value is -1.02. The van der Waals surface area contributed by atoms with Gasteiger partial charge in [0.2, 0.25) is 0 Å². The van der Waals surface area contributed by atoms with E-state index in [-0.39, 0.29) is 6.10 Å². The SMILES string of the molecule is CC[C@H](C)N[C@H](C)c1cccc(O[C@@H](C)CC)c1. The summed E-state index contributed by atoms with van der Waals surface area (Å²) in [6.45, 7) is 10.9. The zero-order valence-corrected chi connectivity index (χ0v) is 12.4. The molecule has 0 radical (unpaired) electrons. The fourth-order valence-corrected chi connectivity index (χ4v) is 1.81. The van der Waals surface area contributed by atoms with Gasteiger partial charge in [-0.2, -0.15) is 0 Å². The molecule has 0 unspecified atom stereocenters. The maximum Gasteiger partial charge on any atom is 0.120 e. The van der Waals surface area contributed by atoms with Crippen molar-refractivity contribution in [3.63, 3.8) is 0 Å². The van der Waals surface area contributed by atoms with Gasteiger partial charge in [-0.15, -0.1) is 0 Å². The molecule has 0 aliphatic heterocycles. The van der Waals surface area contributed by atoms with E-state index in [9.17, 15) is 0 Å². The Bertz CT molecular complexity index is 351. The van der Waals surface area contributed by atoms with Crippen molar-refractivity contribution < 1.29 is 4.74 Å². The average Bonchev–Trinajstić information content (AvgIpc) is 2.38. The quantitative estimate of drug-likeness (QED) is 0.777. The third kappa shape index (κ3) is 4.69. The summed E-state index contributed by atoms with van der Waals surface area (Å²) in [5, 5.41) is 3.58. The molecule has 18 heavy (non-hydrogen) atoms. The van der Waals surface area contributed by atoms with Gasteiger partial charge in [0.05, 0.1) is 6.10 Å². The summed E-state index contributed by atoms with van der Waals surface area (Å²) in [5.74, 6) is 0.972. The van der Waals surface area contributed by atoms with Crippen molar-refractivity contribution in [2.45, 2.75) is 65.6 Å². The number of hydrogen-bond donors (Lipinski definition) is 1. The van der Waals surface area contributed by atoms with Gasteiger partial charge in [-0.1, -0.05) is 26.0 Å². The second kappa shape index (κ2) is 7.42. The lowest BCUT2D eigenvalue weighted by atomic mass is 10.1. The summed E-state index contributed by atoms with van der Waals surface area (Å²) in [6.07, 6.45) is 2.45. The molecular formula is C16H27NO. The maximum atomic E-state index is 5.86. The smallest absolute Gasteiger partial charge is 0.120 e. The van der Waals surface area contributed by atoms with E-state index >= 15 is 0 Å². The second-order valence-corrected chi connectivity index (χ2v) is 5.11. The van der Waals surface area contributed by atoms with Crippen LogP contribution in [0.25, 0.3) is 0 Å². The molecule has 2 heteroatoms. The molecule has 0 fully saturated rings. The van der Waals surface area contributed by atoms with Gasteiger partial charge in [0, 0.05) is 12.1 Å². The molecule has 1 aromatic carbocycles. The predicted molar refractivity (Wildman–Crippen MR) is 78.1 cm³/mol. The molecule has 1 aromatic rings. The molecule has 0 amide bonds. The minimum absolute atomic E-state index is 0.276. The summed E-state index contributed by atoms with van der Waals surface area (Å²) in [5.41, 5.74) is 1.29. The van der Waals surface area contributed by atoms with E-state index in [0.717, 1.165) is 18.6 Å². The van der Waals surface area contributed by atoms with Crippen molar-refractivity contribution in [3.8, 4) is 5.75 Å². The van der Waals surface area contributed by atoms with Gasteiger partial charge in [-0.05, 0) is 51.3 Å². The summed E-state index contributed by atoms with van der Waals surface area (Å²) >= 11 is 0. The molecule has 0 saturated carbocycles. The monoisotopic (exact) mass is 249 g/mol. The number of ether oxygens (including phenoxy) is 1. The Labute approximate surface area is 112 Å². The molecule has 1 N–H and O–H groups in total. The van der Waals surface area contributed by atoms with Gasteiger partial charge in [-0.3, -0.25) is 0 Å². The van der Waals surface area contributed by atoms with Crippen LogP contribution in [0.3, 0.4) is 0 Å². The Morgan fingerprint density at radius 1 is 1.11 bits per heavy atom. The van der Waals surface area contributed by atoms with Crippen LogP contribution in [-0.4, -0.2) is 12.1 Å². The molecule has 0 aliphatic rings. The highest BCUT2D eigenvalue weighted by molar-refractivity contribution is 5.30. The summed E-state index contributed by atoms with van der Waals surface area (Å²) in [6, 6.07) is 9.31. The number of benzene rings is 1. The second-order valence-electron chi connectivity index (χ2n) is 5.11.